The summed E-state index contributed by atoms with van der Waals surface area (Å²) in [5, 5.41) is 15.5. The zero-order valence-corrected chi connectivity index (χ0v) is 33.5. The Kier molecular flexibility index (Phi) is 16.7. The predicted molar refractivity (Wildman–Crippen MR) is 217 cm³/mol. The molecule has 0 spiro atoms. The minimum atomic E-state index is -4.12. The van der Waals surface area contributed by atoms with Crippen LogP contribution in [0, 0.1) is 0 Å². The first-order valence-electron chi connectivity index (χ1n) is 17.4. The molecule has 0 aliphatic carbocycles. The number of alkyl carbamates (subject to hydrolysis) is 1. The molecule has 1 atom stereocenters. The lowest BCUT2D eigenvalue weighted by Gasteiger charge is -2.29. The molecule has 0 saturated heterocycles. The highest BCUT2D eigenvalue weighted by Crippen LogP contribution is 2.35. The number of ether oxygens (including phenoxy) is 2. The molecule has 3 heterocycles. The summed E-state index contributed by atoms with van der Waals surface area (Å²) in [6, 6.07) is 31.7. The minimum absolute atomic E-state index is 0.0486. The second kappa shape index (κ2) is 21.6. The molecule has 0 bridgehead atoms. The van der Waals surface area contributed by atoms with Crippen LogP contribution in [-0.2, 0) is 39.1 Å². The molecule has 290 valence electrons. The van der Waals surface area contributed by atoms with Crippen LogP contribution < -0.4 is 15.4 Å². The molecule has 0 aliphatic heterocycles. The molecule has 12 nitrogen and oxygen atoms in total. The summed E-state index contributed by atoms with van der Waals surface area (Å²) in [4.78, 5) is 32.9. The Morgan fingerprint density at radius 2 is 1.55 bits per heavy atom. The van der Waals surface area contributed by atoms with Crippen LogP contribution in [0.2, 0.25) is 0 Å². The lowest BCUT2D eigenvalue weighted by molar-refractivity contribution is -0.120. The van der Waals surface area contributed by atoms with Gasteiger partial charge in [0, 0.05) is 28.6 Å². The first kappa shape index (κ1) is 42.6. The average Bonchev–Trinajstić information content (AvgIpc) is 3.91. The van der Waals surface area contributed by atoms with Crippen LogP contribution in [-0.4, -0.2) is 67.2 Å². The van der Waals surface area contributed by atoms with E-state index in [0.29, 0.717) is 21.8 Å². The lowest BCUT2D eigenvalue weighted by Crippen LogP contribution is -2.36. The fraction of sp³-hybridized carbons (Fsp3) is 0.250. The van der Waals surface area contributed by atoms with Gasteiger partial charge in [-0.25, -0.2) is 23.2 Å². The second-order valence-corrected chi connectivity index (χ2v) is 15.5. The van der Waals surface area contributed by atoms with Gasteiger partial charge in [-0.05, 0) is 59.5 Å². The first-order valence-corrected chi connectivity index (χ1v) is 20.5. The van der Waals surface area contributed by atoms with Gasteiger partial charge in [-0.2, -0.15) is 4.31 Å². The fourth-order valence-electron chi connectivity index (χ4n) is 5.23. The molecule has 6 aromatic rings. The Balaban J connectivity index is 0.000000373. The number of nitrogens with one attached hydrogen (secondary N) is 2. The van der Waals surface area contributed by atoms with Crippen molar-refractivity contribution >= 4 is 54.9 Å². The van der Waals surface area contributed by atoms with Crippen LogP contribution in [0.25, 0.3) is 10.2 Å². The molecule has 6 rings (SSSR count). The molecule has 3 aromatic heterocycles. The number of methoxy groups -OCH3 is 2. The van der Waals surface area contributed by atoms with E-state index >= 15 is 0 Å². The third-order valence-electron chi connectivity index (χ3n) is 7.92. The van der Waals surface area contributed by atoms with Gasteiger partial charge in [0.2, 0.25) is 21.8 Å². The van der Waals surface area contributed by atoms with E-state index in [1.807, 2.05) is 13.8 Å². The Morgan fingerprint density at radius 3 is 2.18 bits per heavy atom. The van der Waals surface area contributed by atoms with Gasteiger partial charge in [-0.1, -0.05) is 74.5 Å². The van der Waals surface area contributed by atoms with E-state index in [0.717, 1.165) is 16.0 Å². The molecule has 0 fully saturated rings. The fourth-order valence-corrected chi connectivity index (χ4v) is 8.62. The van der Waals surface area contributed by atoms with Gasteiger partial charge < -0.3 is 25.2 Å². The Morgan fingerprint density at radius 1 is 0.855 bits per heavy atom. The Hall–Kier alpha value is -5.19. The molecule has 0 radical (unpaired) electrons. The number of aromatic nitrogens is 2. The van der Waals surface area contributed by atoms with Crippen molar-refractivity contribution in [2.45, 2.75) is 44.3 Å². The van der Waals surface area contributed by atoms with Crippen molar-refractivity contribution in [1.82, 2.24) is 24.9 Å². The highest BCUT2D eigenvalue weighted by molar-refractivity contribution is 7.89. The number of carbonyl (C=O) groups excluding carboxylic acids is 2. The van der Waals surface area contributed by atoms with Gasteiger partial charge in [0.05, 0.1) is 54.0 Å². The number of amides is 2. The van der Waals surface area contributed by atoms with E-state index in [9.17, 15) is 23.1 Å². The van der Waals surface area contributed by atoms with Crippen LogP contribution in [0.15, 0.2) is 120 Å². The Labute approximate surface area is 329 Å². The third-order valence-corrected chi connectivity index (χ3v) is 11.8. The van der Waals surface area contributed by atoms with Crippen LogP contribution in [0.3, 0.4) is 0 Å². The van der Waals surface area contributed by atoms with Crippen molar-refractivity contribution in [3.05, 3.63) is 141 Å². The van der Waals surface area contributed by atoms with Gasteiger partial charge in [-0.15, -0.1) is 22.7 Å². The predicted octanol–water partition coefficient (Wildman–Crippen LogP) is 6.96. The molecular formula is C40H45N5O7S3. The molecule has 15 heteroatoms. The summed E-state index contributed by atoms with van der Waals surface area (Å²) in [5.41, 5.74) is 5.57. The summed E-state index contributed by atoms with van der Waals surface area (Å²) in [6.45, 7) is 3.34. The number of pyridine rings is 1. The number of thiophene rings is 1. The van der Waals surface area contributed by atoms with Crippen molar-refractivity contribution in [2.24, 2.45) is 0 Å². The molecule has 3 N–H and O–H groups in total. The van der Waals surface area contributed by atoms with E-state index in [4.69, 9.17) is 4.74 Å². The summed E-state index contributed by atoms with van der Waals surface area (Å²) < 4.78 is 39.8. The van der Waals surface area contributed by atoms with Crippen molar-refractivity contribution in [3.8, 4) is 5.88 Å². The largest absolute Gasteiger partial charge is 0.481 e. The van der Waals surface area contributed by atoms with E-state index in [-0.39, 0.29) is 24.5 Å². The third kappa shape index (κ3) is 12.4. The molecule has 1 unspecified atom stereocenters. The maximum atomic E-state index is 14.1. The van der Waals surface area contributed by atoms with Gasteiger partial charge in [0.25, 0.3) is 0 Å². The normalized spacial score (nSPS) is 11.4. The van der Waals surface area contributed by atoms with Crippen LogP contribution in [0.5, 0.6) is 5.88 Å². The summed E-state index contributed by atoms with van der Waals surface area (Å²) in [7, 11) is -1.45. The topological polar surface area (TPSA) is 160 Å². The van der Waals surface area contributed by atoms with Crippen LogP contribution in [0.4, 0.5) is 4.79 Å². The molecule has 55 heavy (non-hydrogen) atoms. The van der Waals surface area contributed by atoms with E-state index in [2.05, 4.69) is 86.0 Å². The first-order chi connectivity index (χ1) is 26.7. The number of hydrogen-bond acceptors (Lipinski definition) is 11. The quantitative estimate of drug-likeness (QED) is 0.106. The van der Waals surface area contributed by atoms with Gasteiger partial charge >= 0.3 is 6.09 Å². The number of rotatable bonds is 14. The summed E-state index contributed by atoms with van der Waals surface area (Å²) in [6.07, 6.45) is 1.83. The lowest BCUT2D eigenvalue weighted by atomic mass is 10.1. The number of benzene rings is 3. The minimum Gasteiger partial charge on any atom is -0.481 e. The number of fused-ring (bicyclic) bond motifs is 1. The maximum absolute atomic E-state index is 14.1. The Bertz CT molecular complexity index is 2160. The standard InChI is InChI=1S/C25H27N5O7S3.C13H12.C2H6/c1-36-24-9-16(7-8-26-24)13-30(40(34,35)18-4-6-21-19(10-18)29-15-38-21)20(14-31)22-5-3-17(39-22)11-27-23(32)12-28-25(33)37-2;1-3-7-12(8-4-1)11-13-9-5-2-6-10-13;1-2/h3-10,15,20,31H,11-14H2,1-2H3,(H,27,32)(H,28,33);1-10H,11H2;1-2H3. The second-order valence-electron chi connectivity index (χ2n) is 11.5. The number of sulfonamides is 1. The van der Waals surface area contributed by atoms with Crippen LogP contribution in [0.1, 0.15) is 46.3 Å². The van der Waals surface area contributed by atoms with E-state index in [1.165, 1.54) is 70.7 Å². The molecule has 0 saturated carbocycles. The smallest absolute Gasteiger partial charge is 0.407 e. The maximum Gasteiger partial charge on any atom is 0.407 e. The highest BCUT2D eigenvalue weighted by Gasteiger charge is 2.34. The van der Waals surface area contributed by atoms with Crippen molar-refractivity contribution < 1.29 is 32.6 Å². The monoisotopic (exact) mass is 803 g/mol. The molecular weight excluding hydrogens is 759 g/mol. The van der Waals surface area contributed by atoms with Crippen molar-refractivity contribution in [1.29, 1.82) is 0 Å². The highest BCUT2D eigenvalue weighted by atomic mass is 32.2. The molecule has 2 amide bonds. The van der Waals surface area contributed by atoms with E-state index < -0.39 is 34.7 Å². The number of thiazole rings is 1. The molecule has 0 aliphatic rings. The number of nitrogens with zero attached hydrogens (tertiary/aromatic N) is 3. The number of hydrogen-bond donors (Lipinski definition) is 3. The van der Waals surface area contributed by atoms with Gasteiger partial charge in [-0.3, -0.25) is 4.79 Å². The molecule has 3 aromatic carbocycles. The summed E-state index contributed by atoms with van der Waals surface area (Å²) >= 11 is 2.67. The van der Waals surface area contributed by atoms with Crippen molar-refractivity contribution in [3.63, 3.8) is 0 Å². The van der Waals surface area contributed by atoms with Crippen LogP contribution >= 0.6 is 22.7 Å². The van der Waals surface area contributed by atoms with Gasteiger partial charge in [0.15, 0.2) is 0 Å². The van der Waals surface area contributed by atoms with Crippen molar-refractivity contribution in [2.75, 3.05) is 27.4 Å². The average molecular weight is 804 g/mol. The number of aliphatic hydroxyl groups excluding tert-OH is 1. The number of carbonyl (C=O) groups is 2. The SMILES string of the molecule is CC.COC(=O)NCC(=O)NCc1ccc(C(CO)N(Cc2ccnc(OC)c2)S(=O)(=O)c2ccc3scnc3c2)s1.c1ccc(Cc2ccccc2)cc1. The zero-order chi connectivity index (χ0) is 39.6. The summed E-state index contributed by atoms with van der Waals surface area (Å²) in [5.74, 6) is -0.0949. The van der Waals surface area contributed by atoms with Gasteiger partial charge in [0.1, 0.15) is 6.54 Å². The zero-order valence-electron chi connectivity index (χ0n) is 31.0. The van der Waals surface area contributed by atoms with E-state index in [1.54, 1.807) is 35.8 Å². The number of aliphatic hydroxyl groups is 1.